The van der Waals surface area contributed by atoms with Crippen LogP contribution in [0.1, 0.15) is 18.0 Å². The minimum absolute atomic E-state index is 0.625. The summed E-state index contributed by atoms with van der Waals surface area (Å²) in [6.07, 6.45) is -1.86. The molecule has 1 N–H and O–H groups in total. The number of hydrogen-bond acceptors (Lipinski definition) is 2. The van der Waals surface area contributed by atoms with Crippen molar-refractivity contribution in [2.75, 3.05) is 7.05 Å². The van der Waals surface area contributed by atoms with E-state index in [4.69, 9.17) is 0 Å². The molecule has 0 amide bonds. The first-order valence-corrected chi connectivity index (χ1v) is 5.58. The fourth-order valence-corrected chi connectivity index (χ4v) is 2.04. The van der Waals surface area contributed by atoms with Gasteiger partial charge in [0.15, 0.2) is 0 Å². The van der Waals surface area contributed by atoms with Gasteiger partial charge in [0.05, 0.1) is 6.42 Å². The van der Waals surface area contributed by atoms with E-state index in [0.29, 0.717) is 5.56 Å². The number of nitrogens with one attached hydrogen (secondary N) is 1. The van der Waals surface area contributed by atoms with Gasteiger partial charge < -0.3 is 5.32 Å². The number of pyridine rings is 1. The quantitative estimate of drug-likeness (QED) is 0.907. The van der Waals surface area contributed by atoms with Crippen LogP contribution in [0.4, 0.5) is 13.2 Å². The van der Waals surface area contributed by atoms with Gasteiger partial charge in [0.2, 0.25) is 0 Å². The Labute approximate surface area is 103 Å². The summed E-state index contributed by atoms with van der Waals surface area (Å²) in [5.74, 6) is 0. The van der Waals surface area contributed by atoms with Crippen LogP contribution in [0.15, 0.2) is 36.7 Å². The molecule has 1 unspecified atom stereocenters. The maximum absolute atomic E-state index is 12.5. The van der Waals surface area contributed by atoms with Crippen molar-refractivity contribution in [1.29, 1.82) is 0 Å². The Morgan fingerprint density at radius 3 is 2.72 bits per heavy atom. The zero-order chi connectivity index (χ0) is 13.2. The van der Waals surface area contributed by atoms with Gasteiger partial charge in [-0.15, -0.1) is 0 Å². The summed E-state index contributed by atoms with van der Waals surface area (Å²) in [5.41, 5.74) is 0.625. The van der Waals surface area contributed by atoms with Gasteiger partial charge in [0.1, 0.15) is 0 Å². The highest BCUT2D eigenvalue weighted by Crippen LogP contribution is 2.32. The molecular weight excluding hydrogens is 241 g/mol. The lowest BCUT2D eigenvalue weighted by atomic mass is 9.98. The van der Waals surface area contributed by atoms with Crippen LogP contribution in [0.3, 0.4) is 0 Å². The third-order valence-electron chi connectivity index (χ3n) is 2.88. The van der Waals surface area contributed by atoms with Crippen LogP contribution in [0.2, 0.25) is 0 Å². The van der Waals surface area contributed by atoms with Crippen molar-refractivity contribution in [1.82, 2.24) is 10.3 Å². The van der Waals surface area contributed by atoms with Gasteiger partial charge in [-0.3, -0.25) is 4.98 Å². The van der Waals surface area contributed by atoms with Gasteiger partial charge in [0.25, 0.3) is 0 Å². The van der Waals surface area contributed by atoms with Crippen LogP contribution in [-0.4, -0.2) is 18.2 Å². The van der Waals surface area contributed by atoms with Crippen molar-refractivity contribution < 1.29 is 13.2 Å². The molecule has 18 heavy (non-hydrogen) atoms. The van der Waals surface area contributed by atoms with Crippen LogP contribution >= 0.6 is 0 Å². The van der Waals surface area contributed by atoms with Crippen LogP contribution in [0, 0.1) is 0 Å². The number of hydrogen-bond donors (Lipinski definition) is 1. The Morgan fingerprint density at radius 1 is 1.28 bits per heavy atom. The van der Waals surface area contributed by atoms with Gasteiger partial charge in [-0.05, 0) is 24.1 Å². The molecule has 2 nitrogen and oxygen atoms in total. The van der Waals surface area contributed by atoms with Crippen LogP contribution < -0.4 is 5.32 Å². The van der Waals surface area contributed by atoms with Crippen LogP contribution in [0.5, 0.6) is 0 Å². The molecule has 1 heterocycles. The number of halogens is 3. The summed E-state index contributed by atoms with van der Waals surface area (Å²) in [6, 6.07) is 6.37. The molecule has 1 aromatic carbocycles. The molecule has 2 aromatic rings. The molecule has 0 bridgehead atoms. The maximum Gasteiger partial charge on any atom is 0.390 e. The zero-order valence-electron chi connectivity index (χ0n) is 9.83. The predicted octanol–water partition coefficient (Wildman–Crippen LogP) is 3.45. The van der Waals surface area contributed by atoms with Crippen molar-refractivity contribution in [3.63, 3.8) is 0 Å². The average molecular weight is 254 g/mol. The second-order valence-corrected chi connectivity index (χ2v) is 4.10. The van der Waals surface area contributed by atoms with E-state index in [0.717, 1.165) is 10.8 Å². The largest absolute Gasteiger partial charge is 0.390 e. The molecular formula is C13H13F3N2. The number of benzene rings is 1. The molecule has 2 rings (SSSR count). The molecule has 96 valence electrons. The zero-order valence-corrected chi connectivity index (χ0v) is 9.83. The van der Waals surface area contributed by atoms with E-state index in [9.17, 15) is 13.2 Å². The summed E-state index contributed by atoms with van der Waals surface area (Å²) >= 11 is 0. The van der Waals surface area contributed by atoms with Crippen molar-refractivity contribution in [3.8, 4) is 0 Å². The molecule has 0 saturated carbocycles. The first kappa shape index (κ1) is 12.8. The Kier molecular flexibility index (Phi) is 3.52. The Bertz CT molecular complexity index is 532. The van der Waals surface area contributed by atoms with E-state index in [1.165, 1.54) is 7.05 Å². The highest BCUT2D eigenvalue weighted by molar-refractivity contribution is 5.85. The predicted molar refractivity (Wildman–Crippen MR) is 64.2 cm³/mol. The van der Waals surface area contributed by atoms with Gasteiger partial charge in [0, 0.05) is 23.8 Å². The third kappa shape index (κ3) is 2.79. The fourth-order valence-electron chi connectivity index (χ4n) is 2.04. The van der Waals surface area contributed by atoms with E-state index in [1.54, 1.807) is 30.6 Å². The van der Waals surface area contributed by atoms with Crippen molar-refractivity contribution in [2.45, 2.75) is 18.6 Å². The molecule has 0 aliphatic rings. The van der Waals surface area contributed by atoms with E-state index in [-0.39, 0.29) is 0 Å². The lowest BCUT2D eigenvalue weighted by Crippen LogP contribution is -2.23. The smallest absolute Gasteiger partial charge is 0.313 e. The van der Waals surface area contributed by atoms with E-state index in [2.05, 4.69) is 10.3 Å². The summed E-state index contributed by atoms with van der Waals surface area (Å²) in [4.78, 5) is 3.98. The molecule has 1 aromatic heterocycles. The van der Waals surface area contributed by atoms with E-state index < -0.39 is 18.6 Å². The summed E-state index contributed by atoms with van der Waals surface area (Å²) in [7, 11) is 1.53. The number of rotatable bonds is 3. The summed E-state index contributed by atoms with van der Waals surface area (Å²) < 4.78 is 37.6. The highest BCUT2D eigenvalue weighted by atomic mass is 19.4. The Morgan fingerprint density at radius 2 is 2.06 bits per heavy atom. The Hall–Kier alpha value is -1.62. The molecule has 5 heteroatoms. The summed E-state index contributed by atoms with van der Waals surface area (Å²) in [5, 5.41) is 4.37. The molecule has 0 fully saturated rings. The standard InChI is InChI=1S/C13H13F3N2/c1-17-12(7-13(14,15)16)10-4-2-3-9-5-6-18-8-11(9)10/h2-6,8,12,17H,7H2,1H3. The molecule has 0 saturated heterocycles. The number of nitrogens with zero attached hydrogens (tertiary/aromatic N) is 1. The molecule has 0 radical (unpaired) electrons. The topological polar surface area (TPSA) is 24.9 Å². The van der Waals surface area contributed by atoms with Crippen molar-refractivity contribution in [2.24, 2.45) is 0 Å². The first-order chi connectivity index (χ1) is 8.51. The monoisotopic (exact) mass is 254 g/mol. The maximum atomic E-state index is 12.5. The molecule has 0 aliphatic heterocycles. The number of alkyl halides is 3. The highest BCUT2D eigenvalue weighted by Gasteiger charge is 2.32. The lowest BCUT2D eigenvalue weighted by molar-refractivity contribution is -0.140. The minimum atomic E-state index is -4.20. The summed E-state index contributed by atoms with van der Waals surface area (Å²) in [6.45, 7) is 0. The number of fused-ring (bicyclic) bond motifs is 1. The lowest BCUT2D eigenvalue weighted by Gasteiger charge is -2.20. The Balaban J connectivity index is 2.45. The molecule has 1 atom stereocenters. The van der Waals surface area contributed by atoms with Gasteiger partial charge in [-0.25, -0.2) is 0 Å². The molecule has 0 spiro atoms. The first-order valence-electron chi connectivity index (χ1n) is 5.58. The SMILES string of the molecule is CNC(CC(F)(F)F)c1cccc2ccncc12. The second kappa shape index (κ2) is 4.94. The van der Waals surface area contributed by atoms with Crippen LogP contribution in [-0.2, 0) is 0 Å². The van der Waals surface area contributed by atoms with Gasteiger partial charge >= 0.3 is 6.18 Å². The average Bonchev–Trinajstić information content (AvgIpc) is 2.34. The van der Waals surface area contributed by atoms with Gasteiger partial charge in [-0.2, -0.15) is 13.2 Å². The third-order valence-corrected chi connectivity index (χ3v) is 2.88. The minimum Gasteiger partial charge on any atom is -0.313 e. The van der Waals surface area contributed by atoms with Gasteiger partial charge in [-0.1, -0.05) is 18.2 Å². The normalized spacial score (nSPS) is 13.8. The van der Waals surface area contributed by atoms with Crippen LogP contribution in [0.25, 0.3) is 10.8 Å². The molecule has 0 aliphatic carbocycles. The van der Waals surface area contributed by atoms with Crippen molar-refractivity contribution in [3.05, 3.63) is 42.2 Å². The number of aromatic nitrogens is 1. The van der Waals surface area contributed by atoms with E-state index in [1.807, 2.05) is 6.07 Å². The van der Waals surface area contributed by atoms with Crippen molar-refractivity contribution >= 4 is 10.8 Å². The van der Waals surface area contributed by atoms with E-state index >= 15 is 0 Å². The second-order valence-electron chi connectivity index (χ2n) is 4.10. The fraction of sp³-hybridized carbons (Fsp3) is 0.308.